The lowest BCUT2D eigenvalue weighted by molar-refractivity contribution is -1.05. The summed E-state index contributed by atoms with van der Waals surface area (Å²) >= 11 is 0. The molecule has 40 heavy (non-hydrogen) atoms. The Bertz CT molecular complexity index is 814. The second-order valence-corrected chi connectivity index (χ2v) is 8.19. The van der Waals surface area contributed by atoms with Gasteiger partial charge in [0.15, 0.2) is 24.6 Å². The van der Waals surface area contributed by atoms with Gasteiger partial charge >= 0.3 is 23.9 Å². The van der Waals surface area contributed by atoms with Crippen molar-refractivity contribution in [3.63, 3.8) is 0 Å². The van der Waals surface area contributed by atoms with Gasteiger partial charge in [-0.2, -0.15) is 0 Å². The maximum Gasteiger partial charge on any atom is 0.312 e. The lowest BCUT2D eigenvalue weighted by Gasteiger charge is -2.42. The van der Waals surface area contributed by atoms with Crippen LogP contribution < -0.4 is 20.9 Å². The van der Waals surface area contributed by atoms with Crippen molar-refractivity contribution in [3.05, 3.63) is 20.8 Å². The molecule has 0 spiro atoms. The van der Waals surface area contributed by atoms with Crippen LogP contribution in [0.4, 0.5) is 0 Å². The van der Waals surface area contributed by atoms with E-state index in [1.807, 2.05) is 0 Å². The van der Waals surface area contributed by atoms with Crippen molar-refractivity contribution in [3.8, 4) is 0 Å². The number of carbonyl (C=O) groups is 4. The summed E-state index contributed by atoms with van der Waals surface area (Å²) in [7, 11) is 0. The van der Waals surface area contributed by atoms with Crippen LogP contribution >= 0.6 is 0 Å². The first kappa shape index (κ1) is 35.3. The van der Waals surface area contributed by atoms with E-state index in [9.17, 15) is 45.1 Å². The lowest BCUT2D eigenvalue weighted by atomic mass is 9.98. The first-order valence-electron chi connectivity index (χ1n) is 11.6. The van der Waals surface area contributed by atoms with Gasteiger partial charge in [-0.1, -0.05) is 0 Å². The number of hydrogen-bond acceptors (Lipinski definition) is 18. The minimum Gasteiger partial charge on any atom is -0.600 e. The third-order valence-corrected chi connectivity index (χ3v) is 4.99. The molecule has 4 unspecified atom stereocenters. The maximum atomic E-state index is 12.4. The van der Waals surface area contributed by atoms with Crippen molar-refractivity contribution in [2.24, 2.45) is 0 Å². The van der Waals surface area contributed by atoms with Crippen LogP contribution in [0.1, 0.15) is 25.7 Å². The van der Waals surface area contributed by atoms with Crippen LogP contribution in [0.25, 0.3) is 0 Å². The number of hydrogen-bond donors (Lipinski definition) is 9. The molecular weight excluding hydrogens is 560 g/mol. The summed E-state index contributed by atoms with van der Waals surface area (Å²) in [5.41, 5.74) is 0. The lowest BCUT2D eigenvalue weighted by Crippen LogP contribution is -3.04. The summed E-state index contributed by atoms with van der Waals surface area (Å²) < 4.78 is 25.5. The van der Waals surface area contributed by atoms with E-state index in [-0.39, 0.29) is 0 Å². The van der Waals surface area contributed by atoms with Gasteiger partial charge in [-0.25, -0.2) is 41.7 Å². The number of aliphatic hydroxyl groups is 1. The smallest absolute Gasteiger partial charge is 0.312 e. The standard InChI is InChI=1S/C18H32N4O18/c23-11(1-5-19(28)29)36-9-10-15(38-12(24)2-6-20(30)31)16(39-13(25)3-7-21(32)33)17(18(27)37-10)40-14(26)4-8-22(34)35/h10,15-22,27-28,30,32,34H,1-9H2/t10-,15-,16+,17-,18-/m1/s1. The van der Waals surface area contributed by atoms with E-state index in [4.69, 9.17) is 44.5 Å². The molecule has 1 heterocycles. The molecule has 0 aromatic rings. The summed E-state index contributed by atoms with van der Waals surface area (Å²) in [6.07, 6.45) is -12.3. The first-order chi connectivity index (χ1) is 18.7. The fraction of sp³-hybridized carbons (Fsp3) is 0.778. The van der Waals surface area contributed by atoms with Crippen LogP contribution in [0.5, 0.6) is 0 Å². The van der Waals surface area contributed by atoms with E-state index in [0.29, 0.717) is 0 Å². The largest absolute Gasteiger partial charge is 0.600 e. The van der Waals surface area contributed by atoms with Gasteiger partial charge in [0.1, 0.15) is 38.9 Å². The summed E-state index contributed by atoms with van der Waals surface area (Å²) in [4.78, 5) is 48.8. The highest BCUT2D eigenvalue weighted by molar-refractivity contribution is 5.72. The monoisotopic (exact) mass is 592 g/mol. The molecule has 0 radical (unpaired) electrons. The average molecular weight is 592 g/mol. The number of carbonyl (C=O) groups excluding carboxylic acids is 4. The normalized spacial score (nSPS) is 25.7. The third-order valence-electron chi connectivity index (χ3n) is 4.99. The van der Waals surface area contributed by atoms with Gasteiger partial charge in [0.05, 0.1) is 25.7 Å². The highest BCUT2D eigenvalue weighted by atomic mass is 16.8. The molecule has 0 aromatic carbocycles. The van der Waals surface area contributed by atoms with E-state index in [1.54, 1.807) is 0 Å². The Hall–Kier alpha value is -2.68. The first-order valence-corrected chi connectivity index (χ1v) is 11.6. The Morgan fingerprint density at radius 2 is 0.950 bits per heavy atom. The predicted octanol–water partition coefficient (Wildman–Crippen LogP) is -8.37. The van der Waals surface area contributed by atoms with E-state index >= 15 is 0 Å². The summed E-state index contributed by atoms with van der Waals surface area (Å²) in [5.74, 6) is -4.68. The Morgan fingerprint density at radius 3 is 1.35 bits per heavy atom. The second-order valence-electron chi connectivity index (χ2n) is 8.19. The molecule has 22 heteroatoms. The maximum absolute atomic E-state index is 12.4. The van der Waals surface area contributed by atoms with E-state index in [0.717, 1.165) is 0 Å². The molecular formula is C18H32N4O18. The van der Waals surface area contributed by atoms with E-state index in [1.165, 1.54) is 0 Å². The molecule has 22 nitrogen and oxygen atoms in total. The van der Waals surface area contributed by atoms with Crippen molar-refractivity contribution >= 4 is 23.9 Å². The van der Waals surface area contributed by atoms with E-state index in [2.05, 4.69) is 0 Å². The second kappa shape index (κ2) is 17.9. The Kier molecular flexibility index (Phi) is 15.8. The Morgan fingerprint density at radius 1 is 0.600 bits per heavy atom. The predicted molar refractivity (Wildman–Crippen MR) is 114 cm³/mol. The molecule has 0 amide bonds. The number of ether oxygens (including phenoxy) is 5. The highest BCUT2D eigenvalue weighted by Crippen LogP contribution is 2.28. The molecule has 0 saturated carbocycles. The van der Waals surface area contributed by atoms with Crippen LogP contribution in [-0.4, -0.2) is 113 Å². The fourth-order valence-electron chi connectivity index (χ4n) is 3.15. The minimum absolute atomic E-state index is 0.578. The van der Waals surface area contributed by atoms with Crippen LogP contribution in [0, 0.1) is 20.8 Å². The summed E-state index contributed by atoms with van der Waals surface area (Å²) in [5, 5.41) is 83.2. The van der Waals surface area contributed by atoms with Crippen LogP contribution in [0.15, 0.2) is 0 Å². The Labute approximate surface area is 224 Å². The van der Waals surface area contributed by atoms with Crippen LogP contribution in [-0.2, 0) is 42.9 Å². The third kappa shape index (κ3) is 14.1. The van der Waals surface area contributed by atoms with Gasteiger partial charge in [-0.3, -0.25) is 19.2 Å². The molecule has 1 saturated heterocycles. The highest BCUT2D eigenvalue weighted by Gasteiger charge is 2.52. The summed E-state index contributed by atoms with van der Waals surface area (Å²) in [6.45, 7) is -3.51. The zero-order chi connectivity index (χ0) is 30.4. The van der Waals surface area contributed by atoms with Gasteiger partial charge in [-0.15, -0.1) is 0 Å². The molecule has 1 fully saturated rings. The zero-order valence-corrected chi connectivity index (χ0v) is 20.8. The van der Waals surface area contributed by atoms with Crippen LogP contribution in [0.2, 0.25) is 0 Å². The van der Waals surface area contributed by atoms with Crippen molar-refractivity contribution in [1.82, 2.24) is 0 Å². The number of quaternary nitrogens is 4. The molecule has 1 aliphatic heterocycles. The van der Waals surface area contributed by atoms with Crippen molar-refractivity contribution in [1.29, 1.82) is 0 Å². The van der Waals surface area contributed by atoms with Gasteiger partial charge < -0.3 is 49.6 Å². The van der Waals surface area contributed by atoms with Crippen molar-refractivity contribution in [2.75, 3.05) is 32.8 Å². The average Bonchev–Trinajstić information content (AvgIpc) is 2.86. The number of rotatable bonds is 17. The number of aliphatic hydroxyl groups excluding tert-OH is 1. The molecule has 1 rings (SSSR count). The summed E-state index contributed by atoms with van der Waals surface area (Å²) in [6, 6.07) is 0. The molecule has 0 aliphatic carbocycles. The zero-order valence-electron chi connectivity index (χ0n) is 20.8. The number of hydroxylamine groups is 8. The molecule has 0 aromatic heterocycles. The minimum atomic E-state index is -2.15. The molecule has 1 aliphatic rings. The SMILES string of the molecule is O=C(CC[NH+]([O-])O)OC[C@H]1O[C@@H](O)[C@H](OC(=O)CC[NH+]([O-])O)[C@@H](OC(=O)CC[NH+]([O-])O)[C@@H]1OC(=O)CC[NH+]([O-])O. The van der Waals surface area contributed by atoms with Gasteiger partial charge in [0, 0.05) is 0 Å². The molecule has 9 atom stereocenters. The molecule has 232 valence electrons. The topological polar surface area (TPSA) is 326 Å². The van der Waals surface area contributed by atoms with Gasteiger partial charge in [0.2, 0.25) is 0 Å². The van der Waals surface area contributed by atoms with Gasteiger partial charge in [-0.05, 0) is 0 Å². The quantitative estimate of drug-likeness (QED) is 0.0430. The van der Waals surface area contributed by atoms with E-state index < -0.39 is 134 Å². The van der Waals surface area contributed by atoms with Crippen LogP contribution in [0.3, 0.4) is 0 Å². The molecule has 0 bridgehead atoms. The Balaban J connectivity index is 3.24. The number of esters is 4. The number of nitrogens with one attached hydrogen (secondary N) is 4. The van der Waals surface area contributed by atoms with Gasteiger partial charge in [0.25, 0.3) is 0 Å². The van der Waals surface area contributed by atoms with Crippen molar-refractivity contribution in [2.45, 2.75) is 56.4 Å². The molecule has 9 N–H and O–H groups in total. The van der Waals surface area contributed by atoms with Crippen molar-refractivity contribution < 1.29 is 89.7 Å². The fourth-order valence-corrected chi connectivity index (χ4v) is 3.15.